The third-order valence-electron chi connectivity index (χ3n) is 3.46. The molecule has 1 saturated heterocycles. The number of pyridine rings is 1. The summed E-state index contributed by atoms with van der Waals surface area (Å²) in [6, 6.07) is 2.06. The molecule has 1 saturated carbocycles. The van der Waals surface area contributed by atoms with Crippen LogP contribution in [0, 0.1) is 0 Å². The van der Waals surface area contributed by atoms with Gasteiger partial charge in [-0.1, -0.05) is 0 Å². The molecule has 3 rings (SSSR count). The van der Waals surface area contributed by atoms with Gasteiger partial charge >= 0.3 is 0 Å². The van der Waals surface area contributed by atoms with Crippen molar-refractivity contribution in [2.45, 2.75) is 37.4 Å². The second-order valence-electron chi connectivity index (χ2n) is 4.87. The molecule has 1 aliphatic heterocycles. The van der Waals surface area contributed by atoms with Crippen molar-refractivity contribution in [1.29, 1.82) is 0 Å². The van der Waals surface area contributed by atoms with E-state index in [1.54, 1.807) is 6.20 Å². The minimum absolute atomic E-state index is 0.0903. The van der Waals surface area contributed by atoms with Gasteiger partial charge in [-0.2, -0.15) is 0 Å². The van der Waals surface area contributed by atoms with Crippen molar-refractivity contribution in [3.8, 4) is 0 Å². The van der Waals surface area contributed by atoms with E-state index >= 15 is 0 Å². The lowest BCUT2D eigenvalue weighted by Crippen LogP contribution is -2.35. The van der Waals surface area contributed by atoms with Crippen LogP contribution in [0.1, 0.15) is 31.0 Å². The van der Waals surface area contributed by atoms with E-state index in [-0.39, 0.29) is 18.0 Å². The molecule has 2 aliphatic rings. The number of hydrogen-bond acceptors (Lipinski definition) is 3. The first-order valence-electron chi connectivity index (χ1n) is 5.95. The predicted octanol–water partition coefficient (Wildman–Crippen LogP) is 2.37. The number of nitrogens with zero attached hydrogens (tertiary/aromatic N) is 2. The van der Waals surface area contributed by atoms with Crippen LogP contribution in [-0.2, 0) is 4.79 Å². The quantitative estimate of drug-likeness (QED) is 0.864. The van der Waals surface area contributed by atoms with Gasteiger partial charge < -0.3 is 10.6 Å². The highest BCUT2D eigenvalue weighted by atomic mass is 79.9. The summed E-state index contributed by atoms with van der Waals surface area (Å²) in [6.45, 7) is 0. The largest absolute Gasteiger partial charge is 0.329 e. The standard InChI is InChI=1S/C12H13Br2N3O/c13-6-3-8(14)11(16-5-6)12-9(15)4-10(18)17(12)7-1-2-7/h3,5,7,9,12H,1-2,4,15H2. The Labute approximate surface area is 122 Å². The van der Waals surface area contributed by atoms with E-state index < -0.39 is 0 Å². The first-order valence-corrected chi connectivity index (χ1v) is 7.54. The average Bonchev–Trinajstić information content (AvgIpc) is 3.06. The van der Waals surface area contributed by atoms with Crippen LogP contribution in [0.25, 0.3) is 0 Å². The highest BCUT2D eigenvalue weighted by molar-refractivity contribution is 9.11. The van der Waals surface area contributed by atoms with Gasteiger partial charge in [0.05, 0.1) is 11.7 Å². The molecule has 18 heavy (non-hydrogen) atoms. The molecule has 2 atom stereocenters. The maximum absolute atomic E-state index is 12.0. The summed E-state index contributed by atoms with van der Waals surface area (Å²) in [7, 11) is 0. The van der Waals surface area contributed by atoms with Crippen LogP contribution >= 0.6 is 31.9 Å². The Bertz CT molecular complexity index is 504. The number of nitrogens with two attached hydrogens (primary N) is 1. The fourth-order valence-corrected chi connectivity index (χ4v) is 3.76. The van der Waals surface area contributed by atoms with Gasteiger partial charge in [0.15, 0.2) is 0 Å². The lowest BCUT2D eigenvalue weighted by molar-refractivity contribution is -0.129. The Morgan fingerprint density at radius 3 is 2.72 bits per heavy atom. The molecule has 96 valence electrons. The van der Waals surface area contributed by atoms with Crippen molar-refractivity contribution < 1.29 is 4.79 Å². The Hall–Kier alpha value is -0.460. The van der Waals surface area contributed by atoms with Crippen LogP contribution in [0.15, 0.2) is 21.2 Å². The summed E-state index contributed by atoms with van der Waals surface area (Å²) in [5, 5.41) is 0. The van der Waals surface area contributed by atoms with Gasteiger partial charge in [0.2, 0.25) is 5.91 Å². The molecule has 2 N–H and O–H groups in total. The lowest BCUT2D eigenvalue weighted by atomic mass is 10.1. The van der Waals surface area contributed by atoms with Crippen LogP contribution in [0.2, 0.25) is 0 Å². The first kappa shape index (κ1) is 12.6. The molecule has 0 spiro atoms. The minimum atomic E-state index is -0.164. The van der Waals surface area contributed by atoms with E-state index in [1.807, 2.05) is 11.0 Å². The van der Waals surface area contributed by atoms with E-state index in [2.05, 4.69) is 36.8 Å². The second kappa shape index (κ2) is 4.58. The van der Waals surface area contributed by atoms with Crippen LogP contribution in [0.5, 0.6) is 0 Å². The highest BCUT2D eigenvalue weighted by Crippen LogP contribution is 2.42. The van der Waals surface area contributed by atoms with Crippen molar-refractivity contribution >= 4 is 37.8 Å². The third-order valence-corrected chi connectivity index (χ3v) is 4.53. The molecule has 0 radical (unpaired) electrons. The van der Waals surface area contributed by atoms with Crippen molar-refractivity contribution in [3.05, 3.63) is 26.9 Å². The fraction of sp³-hybridized carbons (Fsp3) is 0.500. The van der Waals surface area contributed by atoms with E-state index in [0.717, 1.165) is 27.5 Å². The lowest BCUT2D eigenvalue weighted by Gasteiger charge is -2.27. The van der Waals surface area contributed by atoms with Crippen LogP contribution in [-0.4, -0.2) is 27.9 Å². The number of hydrogen-bond donors (Lipinski definition) is 1. The normalized spacial score (nSPS) is 27.9. The molecule has 2 unspecified atom stereocenters. The topological polar surface area (TPSA) is 59.2 Å². The molecule has 6 heteroatoms. The molecule has 0 bridgehead atoms. The van der Waals surface area contributed by atoms with Crippen molar-refractivity contribution in [1.82, 2.24) is 9.88 Å². The van der Waals surface area contributed by atoms with Gasteiger partial charge in [0.1, 0.15) is 0 Å². The van der Waals surface area contributed by atoms with Gasteiger partial charge in [-0.05, 0) is 50.8 Å². The molecule has 1 aromatic rings. The third kappa shape index (κ3) is 2.10. The summed E-state index contributed by atoms with van der Waals surface area (Å²) in [6.07, 6.45) is 4.35. The second-order valence-corrected chi connectivity index (χ2v) is 6.64. The van der Waals surface area contributed by atoms with Gasteiger partial charge in [-0.15, -0.1) is 0 Å². The number of halogens is 2. The molecule has 1 aromatic heterocycles. The van der Waals surface area contributed by atoms with Crippen LogP contribution < -0.4 is 5.73 Å². The maximum atomic E-state index is 12.0. The Morgan fingerprint density at radius 2 is 2.11 bits per heavy atom. The molecule has 1 aliphatic carbocycles. The van der Waals surface area contributed by atoms with Gasteiger partial charge in [-0.3, -0.25) is 9.78 Å². The maximum Gasteiger partial charge on any atom is 0.225 e. The number of rotatable bonds is 2. The van der Waals surface area contributed by atoms with E-state index in [4.69, 9.17) is 5.73 Å². The zero-order valence-electron chi connectivity index (χ0n) is 9.64. The zero-order valence-corrected chi connectivity index (χ0v) is 12.8. The Morgan fingerprint density at radius 1 is 1.39 bits per heavy atom. The highest BCUT2D eigenvalue weighted by Gasteiger charge is 2.47. The predicted molar refractivity (Wildman–Crippen MR) is 74.8 cm³/mol. The summed E-state index contributed by atoms with van der Waals surface area (Å²) < 4.78 is 1.81. The molecular weight excluding hydrogens is 362 g/mol. The summed E-state index contributed by atoms with van der Waals surface area (Å²) in [5.41, 5.74) is 6.99. The van der Waals surface area contributed by atoms with Crippen molar-refractivity contribution in [3.63, 3.8) is 0 Å². The molecule has 1 amide bonds. The number of aromatic nitrogens is 1. The summed E-state index contributed by atoms with van der Waals surface area (Å²) in [5.74, 6) is 0.159. The summed E-state index contributed by atoms with van der Waals surface area (Å²) >= 11 is 6.90. The van der Waals surface area contributed by atoms with Crippen molar-refractivity contribution in [2.75, 3.05) is 0 Å². The monoisotopic (exact) mass is 373 g/mol. The molecule has 2 fully saturated rings. The van der Waals surface area contributed by atoms with Gasteiger partial charge in [-0.25, -0.2) is 0 Å². The zero-order chi connectivity index (χ0) is 12.9. The number of amides is 1. The van der Waals surface area contributed by atoms with Crippen molar-refractivity contribution in [2.24, 2.45) is 5.73 Å². The number of likely N-dealkylation sites (tertiary alicyclic amines) is 1. The van der Waals surface area contributed by atoms with Crippen LogP contribution in [0.3, 0.4) is 0 Å². The SMILES string of the molecule is NC1CC(=O)N(C2CC2)C1c1ncc(Br)cc1Br. The van der Waals surface area contributed by atoms with Gasteiger partial charge in [0, 0.05) is 33.6 Å². The minimum Gasteiger partial charge on any atom is -0.329 e. The van der Waals surface area contributed by atoms with E-state index in [1.165, 1.54) is 0 Å². The summed E-state index contributed by atoms with van der Waals surface area (Å²) in [4.78, 5) is 18.4. The Kier molecular flexibility index (Phi) is 3.20. The molecule has 4 nitrogen and oxygen atoms in total. The molecule has 0 aromatic carbocycles. The fourth-order valence-electron chi connectivity index (χ4n) is 2.54. The number of carbonyl (C=O) groups excluding carboxylic acids is 1. The van der Waals surface area contributed by atoms with Gasteiger partial charge in [0.25, 0.3) is 0 Å². The van der Waals surface area contributed by atoms with E-state index in [9.17, 15) is 4.79 Å². The van der Waals surface area contributed by atoms with Crippen LogP contribution in [0.4, 0.5) is 0 Å². The average molecular weight is 375 g/mol. The Balaban J connectivity index is 2.00. The molecule has 2 heterocycles. The molecular formula is C12H13Br2N3O. The smallest absolute Gasteiger partial charge is 0.225 e. The van der Waals surface area contributed by atoms with E-state index in [0.29, 0.717) is 12.5 Å². The number of carbonyl (C=O) groups is 1. The first-order chi connectivity index (χ1) is 8.58.